The molecule has 0 fully saturated rings. The number of anilines is 1. The minimum atomic E-state index is -0.497. The van der Waals surface area contributed by atoms with Crippen LogP contribution in [0.5, 0.6) is 5.75 Å². The van der Waals surface area contributed by atoms with Crippen molar-refractivity contribution in [3.05, 3.63) is 76.5 Å². The average molecular weight is 410 g/mol. The molecule has 30 heavy (non-hydrogen) atoms. The number of aliphatic imine (C=N–C) groups is 1. The van der Waals surface area contributed by atoms with E-state index in [0.29, 0.717) is 30.0 Å². The molecule has 1 unspecified atom stereocenters. The number of halogens is 1. The third kappa shape index (κ3) is 4.44. The second-order valence-corrected chi connectivity index (χ2v) is 6.92. The van der Waals surface area contributed by atoms with Crippen molar-refractivity contribution >= 4 is 11.5 Å². The van der Waals surface area contributed by atoms with E-state index in [1.165, 1.54) is 18.3 Å². The quantitative estimate of drug-likeness (QED) is 0.603. The molecule has 1 aliphatic rings. The van der Waals surface area contributed by atoms with Crippen LogP contribution in [0.25, 0.3) is 0 Å². The van der Waals surface area contributed by atoms with Gasteiger partial charge in [-0.25, -0.2) is 9.37 Å². The molecular formula is C22H27FN6O. The molecule has 2 heterocycles. The molecule has 1 aliphatic heterocycles. The van der Waals surface area contributed by atoms with Crippen molar-refractivity contribution in [1.29, 1.82) is 0 Å². The largest absolute Gasteiger partial charge is 0.485 e. The molecule has 2 bridgehead atoms. The molecule has 7 nitrogen and oxygen atoms in total. The van der Waals surface area contributed by atoms with Crippen LogP contribution in [0.15, 0.2) is 59.0 Å². The number of pyridine rings is 1. The van der Waals surface area contributed by atoms with Crippen LogP contribution in [-0.2, 0) is 6.61 Å². The summed E-state index contributed by atoms with van der Waals surface area (Å²) in [6.45, 7) is 2.61. The van der Waals surface area contributed by atoms with Gasteiger partial charge in [0.2, 0.25) is 0 Å². The Morgan fingerprint density at radius 3 is 2.87 bits per heavy atom. The van der Waals surface area contributed by atoms with Gasteiger partial charge in [0, 0.05) is 31.8 Å². The number of nitrogens with two attached hydrogens (primary N) is 3. The summed E-state index contributed by atoms with van der Waals surface area (Å²) in [6.07, 6.45) is 5.46. The highest BCUT2D eigenvalue weighted by atomic mass is 19.1. The molecule has 1 aromatic heterocycles. The Bertz CT molecular complexity index is 1010. The predicted molar refractivity (Wildman–Crippen MR) is 117 cm³/mol. The summed E-state index contributed by atoms with van der Waals surface area (Å²) in [5.74, 6) is 0.265. The maximum absolute atomic E-state index is 14.0. The van der Waals surface area contributed by atoms with Gasteiger partial charge in [0.1, 0.15) is 12.4 Å². The second-order valence-electron chi connectivity index (χ2n) is 6.92. The molecule has 2 aromatic rings. The first-order valence-electron chi connectivity index (χ1n) is 9.72. The summed E-state index contributed by atoms with van der Waals surface area (Å²) >= 11 is 0. The fourth-order valence-electron chi connectivity index (χ4n) is 3.47. The Labute approximate surface area is 175 Å². The number of nitrogens with one attached hydrogen (secondary N) is 1. The number of nitrogen functional groups attached to an aromatic ring is 1. The standard InChI is InChI=1S/C22H27FN6O/c1-3-28-21-13(9-24)6-14(10-27-2)20(25)18-5-4-17(23)7-16(18)12-30-19-8-15(21)11-29-22(19)26/h4-5,7-11,20,27H,3,6,12,24-25H2,1-2H3,(H2,26,29)/b13-9?,14-10-,28-21?. The lowest BCUT2D eigenvalue weighted by Crippen LogP contribution is -2.21. The Hall–Kier alpha value is -3.39. The lowest BCUT2D eigenvalue weighted by atomic mass is 9.89. The van der Waals surface area contributed by atoms with Gasteiger partial charge in [-0.15, -0.1) is 0 Å². The highest BCUT2D eigenvalue weighted by Crippen LogP contribution is 2.32. The van der Waals surface area contributed by atoms with Crippen LogP contribution in [0.2, 0.25) is 0 Å². The van der Waals surface area contributed by atoms with Crippen molar-refractivity contribution in [3.63, 3.8) is 0 Å². The number of hydrogen-bond acceptors (Lipinski definition) is 7. The van der Waals surface area contributed by atoms with Crippen LogP contribution in [0.3, 0.4) is 0 Å². The maximum atomic E-state index is 14.0. The van der Waals surface area contributed by atoms with Gasteiger partial charge in [0.25, 0.3) is 0 Å². The summed E-state index contributed by atoms with van der Waals surface area (Å²) in [6, 6.07) is 5.78. The Balaban J connectivity index is 2.22. The zero-order chi connectivity index (χ0) is 21.7. The smallest absolute Gasteiger partial charge is 0.166 e. The first-order valence-corrected chi connectivity index (χ1v) is 9.72. The van der Waals surface area contributed by atoms with Crippen molar-refractivity contribution in [2.75, 3.05) is 19.3 Å². The van der Waals surface area contributed by atoms with E-state index >= 15 is 0 Å². The predicted octanol–water partition coefficient (Wildman–Crippen LogP) is 2.54. The van der Waals surface area contributed by atoms with Gasteiger partial charge in [-0.1, -0.05) is 6.07 Å². The monoisotopic (exact) mass is 410 g/mol. The van der Waals surface area contributed by atoms with Gasteiger partial charge >= 0.3 is 0 Å². The van der Waals surface area contributed by atoms with Gasteiger partial charge < -0.3 is 27.3 Å². The summed E-state index contributed by atoms with van der Waals surface area (Å²) in [4.78, 5) is 8.89. The van der Waals surface area contributed by atoms with E-state index < -0.39 is 6.04 Å². The minimum absolute atomic E-state index is 0.1000. The molecule has 3 rings (SSSR count). The summed E-state index contributed by atoms with van der Waals surface area (Å²) in [5, 5.41) is 3.04. The van der Waals surface area contributed by atoms with Crippen molar-refractivity contribution < 1.29 is 9.13 Å². The molecule has 8 heteroatoms. The number of rotatable bonds is 2. The Morgan fingerprint density at radius 1 is 1.37 bits per heavy atom. The molecule has 0 radical (unpaired) electrons. The molecule has 0 spiro atoms. The molecular weight excluding hydrogens is 383 g/mol. The SMILES string of the molecule is CCN=C1C(=CN)C/C(=C/NC)C(N)c2ccc(F)cc2COc2cc1cnc2N. The second kappa shape index (κ2) is 9.41. The first kappa shape index (κ1) is 21.3. The topological polar surface area (TPSA) is 125 Å². The minimum Gasteiger partial charge on any atom is -0.485 e. The van der Waals surface area contributed by atoms with Gasteiger partial charge in [0.05, 0.1) is 11.8 Å². The van der Waals surface area contributed by atoms with E-state index in [4.69, 9.17) is 21.9 Å². The highest BCUT2D eigenvalue weighted by Gasteiger charge is 2.22. The van der Waals surface area contributed by atoms with Crippen LogP contribution in [0, 0.1) is 5.82 Å². The molecule has 1 aromatic carbocycles. The number of benzene rings is 1. The Morgan fingerprint density at radius 2 is 2.17 bits per heavy atom. The van der Waals surface area contributed by atoms with E-state index in [1.54, 1.807) is 25.4 Å². The number of ether oxygens (including phenoxy) is 1. The molecule has 0 aliphatic carbocycles. The summed E-state index contributed by atoms with van der Waals surface area (Å²) < 4.78 is 19.9. The lowest BCUT2D eigenvalue weighted by Gasteiger charge is -2.23. The Kier molecular flexibility index (Phi) is 6.68. The number of aromatic nitrogens is 1. The van der Waals surface area contributed by atoms with E-state index in [2.05, 4.69) is 15.3 Å². The summed E-state index contributed by atoms with van der Waals surface area (Å²) in [7, 11) is 1.80. The van der Waals surface area contributed by atoms with Crippen LogP contribution < -0.4 is 27.3 Å². The first-order chi connectivity index (χ1) is 14.5. The van der Waals surface area contributed by atoms with Gasteiger partial charge in [-0.2, -0.15) is 0 Å². The highest BCUT2D eigenvalue weighted by molar-refractivity contribution is 6.13. The molecule has 0 saturated carbocycles. The molecule has 158 valence electrons. The zero-order valence-corrected chi connectivity index (χ0v) is 17.2. The third-order valence-corrected chi connectivity index (χ3v) is 4.92. The number of nitrogens with zero attached hydrogens (tertiary/aromatic N) is 2. The van der Waals surface area contributed by atoms with Gasteiger partial charge in [-0.05, 0) is 59.8 Å². The van der Waals surface area contributed by atoms with Crippen molar-refractivity contribution in [2.45, 2.75) is 26.0 Å². The molecule has 0 saturated heterocycles. The van der Waals surface area contributed by atoms with Crippen LogP contribution in [0.1, 0.15) is 36.1 Å². The van der Waals surface area contributed by atoms with Crippen molar-refractivity contribution in [1.82, 2.24) is 10.3 Å². The van der Waals surface area contributed by atoms with Gasteiger partial charge in [0.15, 0.2) is 11.6 Å². The van der Waals surface area contributed by atoms with E-state index in [1.807, 2.05) is 13.1 Å². The fraction of sp³-hybridized carbons (Fsp3) is 0.273. The molecule has 1 atom stereocenters. The summed E-state index contributed by atoms with van der Waals surface area (Å²) in [5.41, 5.74) is 23.1. The van der Waals surface area contributed by atoms with Crippen molar-refractivity contribution in [3.8, 4) is 5.75 Å². The number of fused-ring (bicyclic) bond motifs is 3. The number of allylic oxidation sites excluding steroid dienone is 1. The van der Waals surface area contributed by atoms with E-state index in [-0.39, 0.29) is 18.2 Å². The molecule has 7 N–H and O–H groups in total. The van der Waals surface area contributed by atoms with Crippen LogP contribution in [-0.4, -0.2) is 24.3 Å². The van der Waals surface area contributed by atoms with Crippen molar-refractivity contribution in [2.24, 2.45) is 16.5 Å². The fourth-order valence-corrected chi connectivity index (χ4v) is 3.47. The van der Waals surface area contributed by atoms with E-state index in [9.17, 15) is 4.39 Å². The van der Waals surface area contributed by atoms with E-state index in [0.717, 1.165) is 22.3 Å². The van der Waals surface area contributed by atoms with Crippen LogP contribution >= 0.6 is 0 Å². The molecule has 0 amide bonds. The zero-order valence-electron chi connectivity index (χ0n) is 17.2. The normalized spacial score (nSPS) is 20.9. The maximum Gasteiger partial charge on any atom is 0.166 e. The number of hydrogen-bond donors (Lipinski definition) is 4. The third-order valence-electron chi connectivity index (χ3n) is 4.92. The lowest BCUT2D eigenvalue weighted by molar-refractivity contribution is 0.304. The average Bonchev–Trinajstić information content (AvgIpc) is 2.74. The van der Waals surface area contributed by atoms with Crippen LogP contribution in [0.4, 0.5) is 10.2 Å². The van der Waals surface area contributed by atoms with Gasteiger partial charge in [-0.3, -0.25) is 4.99 Å².